The third-order valence-electron chi connectivity index (χ3n) is 0. The average molecular weight is 98.1 g/mol. The molecule has 40 valence electrons. The van der Waals surface area contributed by atoms with Gasteiger partial charge in [-0.2, -0.15) is 0 Å². The van der Waals surface area contributed by atoms with Gasteiger partial charge in [0.25, 0.3) is 0 Å². The lowest BCUT2D eigenvalue weighted by molar-refractivity contribution is 0.824. The zero-order valence-corrected chi connectivity index (χ0v) is 4.65. The van der Waals surface area contributed by atoms with Crippen molar-refractivity contribution in [2.45, 2.75) is 13.8 Å². The lowest BCUT2D eigenvalue weighted by Gasteiger charge is -1.23. The number of terminal acetylenes is 2. The monoisotopic (exact) mass is 98.1 g/mol. The van der Waals surface area contributed by atoms with Crippen molar-refractivity contribution in [1.29, 1.82) is 0 Å². The molecule has 0 aliphatic carbocycles. The zero-order valence-electron chi connectivity index (χ0n) is 4.65. The van der Waals surface area contributed by atoms with Crippen LogP contribution in [0.1, 0.15) is 13.8 Å². The molecular weight excluding hydrogens is 88.1 g/mol. The summed E-state index contributed by atoms with van der Waals surface area (Å²) in [5, 5.41) is 0. The molecule has 0 aromatic carbocycles. The highest BCUT2D eigenvalue weighted by molar-refractivity contribution is 4.73. The van der Waals surface area contributed by atoms with Crippen molar-refractivity contribution in [2.24, 2.45) is 0 Å². The Morgan fingerprint density at radius 3 is 1.00 bits per heavy atom. The Morgan fingerprint density at radius 2 is 1.00 bits per heavy atom. The van der Waals surface area contributed by atoms with Crippen LogP contribution in [-0.4, -0.2) is 5.48 Å². The van der Waals surface area contributed by atoms with Gasteiger partial charge in [-0.3, -0.25) is 0 Å². The Balaban J connectivity index is -0.0000000400. The van der Waals surface area contributed by atoms with Crippen LogP contribution >= 0.6 is 0 Å². The second kappa shape index (κ2) is 72.5. The van der Waals surface area contributed by atoms with Crippen LogP contribution in [-0.2, 0) is 0 Å². The highest BCUT2D eigenvalue weighted by atomic mass is 16.0. The molecule has 7 heavy (non-hydrogen) atoms. The van der Waals surface area contributed by atoms with Gasteiger partial charge in [0.05, 0.1) is 0 Å². The minimum atomic E-state index is 0. The lowest BCUT2D eigenvalue weighted by Crippen LogP contribution is -1.10. The third-order valence-corrected chi connectivity index (χ3v) is 0. The summed E-state index contributed by atoms with van der Waals surface area (Å²) >= 11 is 0. The van der Waals surface area contributed by atoms with E-state index in [2.05, 4.69) is 24.7 Å². The van der Waals surface area contributed by atoms with E-state index in [4.69, 9.17) is 0 Å². The maximum absolute atomic E-state index is 4.60. The number of rotatable bonds is 0. The molecule has 0 aromatic rings. The van der Waals surface area contributed by atoms with Gasteiger partial charge in [0.2, 0.25) is 0 Å². The van der Waals surface area contributed by atoms with Crippen molar-refractivity contribution >= 4 is 0 Å². The second-order valence-corrected chi connectivity index (χ2v) is 0.577. The molecule has 0 fully saturated rings. The summed E-state index contributed by atoms with van der Waals surface area (Å²) in [6, 6.07) is 0. The van der Waals surface area contributed by atoms with Gasteiger partial charge in [-0.1, -0.05) is 0 Å². The number of hydrogen-bond acceptors (Lipinski definition) is 0. The molecule has 0 saturated heterocycles. The standard InChI is InChI=1S/2C3H4.H2O/c2*1-3-2;/h2*1H,2H3;1H2. The van der Waals surface area contributed by atoms with Crippen molar-refractivity contribution < 1.29 is 5.48 Å². The van der Waals surface area contributed by atoms with Crippen LogP contribution < -0.4 is 0 Å². The van der Waals surface area contributed by atoms with Gasteiger partial charge in [0, 0.05) is 0 Å². The first kappa shape index (κ1) is 16.5. The molecule has 1 nitrogen and oxygen atoms in total. The van der Waals surface area contributed by atoms with E-state index in [0.29, 0.717) is 0 Å². The van der Waals surface area contributed by atoms with Gasteiger partial charge < -0.3 is 5.48 Å². The van der Waals surface area contributed by atoms with E-state index in [1.807, 2.05) is 0 Å². The SMILES string of the molecule is C#CC.C#CC.O. The quantitative estimate of drug-likeness (QED) is 0.394. The molecule has 0 saturated carbocycles. The first-order valence-electron chi connectivity index (χ1n) is 1.58. The summed E-state index contributed by atoms with van der Waals surface area (Å²) in [5.74, 6) is 4.50. The molecular formula is C6H10O. The van der Waals surface area contributed by atoms with Gasteiger partial charge in [-0.25, -0.2) is 0 Å². The normalized spacial score (nSPS) is 2.29. The largest absolute Gasteiger partial charge is 0.412 e. The zero-order chi connectivity index (χ0) is 5.41. The van der Waals surface area contributed by atoms with E-state index < -0.39 is 0 Å². The van der Waals surface area contributed by atoms with Gasteiger partial charge in [0.15, 0.2) is 0 Å². The van der Waals surface area contributed by atoms with Crippen molar-refractivity contribution in [3.05, 3.63) is 0 Å². The molecule has 0 bridgehead atoms. The molecule has 0 aliphatic rings. The van der Waals surface area contributed by atoms with E-state index >= 15 is 0 Å². The van der Waals surface area contributed by atoms with Crippen LogP contribution in [0.3, 0.4) is 0 Å². The summed E-state index contributed by atoms with van der Waals surface area (Å²) in [6.07, 6.45) is 9.19. The van der Waals surface area contributed by atoms with Crippen LogP contribution in [0.15, 0.2) is 0 Å². The maximum Gasteiger partial charge on any atom is -0.00297 e. The van der Waals surface area contributed by atoms with Crippen molar-refractivity contribution in [2.75, 3.05) is 0 Å². The van der Waals surface area contributed by atoms with Crippen molar-refractivity contribution in [1.82, 2.24) is 0 Å². The van der Waals surface area contributed by atoms with Gasteiger partial charge >= 0.3 is 0 Å². The first-order valence-corrected chi connectivity index (χ1v) is 1.58. The number of hydrogen-bond donors (Lipinski definition) is 0. The summed E-state index contributed by atoms with van der Waals surface area (Å²) in [7, 11) is 0. The van der Waals surface area contributed by atoms with Gasteiger partial charge in [-0.15, -0.1) is 24.7 Å². The highest BCUT2D eigenvalue weighted by Crippen LogP contribution is 1.22. The van der Waals surface area contributed by atoms with Gasteiger partial charge in [-0.05, 0) is 13.8 Å². The van der Waals surface area contributed by atoms with Crippen molar-refractivity contribution in [3.63, 3.8) is 0 Å². The fourth-order valence-corrected chi connectivity index (χ4v) is 0. The molecule has 0 heterocycles. The minimum absolute atomic E-state index is 0. The molecule has 0 amide bonds. The van der Waals surface area contributed by atoms with E-state index in [1.165, 1.54) is 0 Å². The van der Waals surface area contributed by atoms with Crippen LogP contribution in [0.25, 0.3) is 0 Å². The second-order valence-electron chi connectivity index (χ2n) is 0.577. The lowest BCUT2D eigenvalue weighted by atomic mass is 10.9. The Labute approximate surface area is 45.0 Å². The van der Waals surface area contributed by atoms with E-state index in [1.54, 1.807) is 13.8 Å². The highest BCUT2D eigenvalue weighted by Gasteiger charge is 1.09. The Kier molecular flexibility index (Phi) is 171. The van der Waals surface area contributed by atoms with Crippen LogP contribution in [0.2, 0.25) is 0 Å². The van der Waals surface area contributed by atoms with Crippen LogP contribution in [0.5, 0.6) is 0 Å². The Bertz CT molecular complexity index is 59.2. The van der Waals surface area contributed by atoms with E-state index in [0.717, 1.165) is 0 Å². The summed E-state index contributed by atoms with van der Waals surface area (Å²) in [4.78, 5) is 0. The fourth-order valence-electron chi connectivity index (χ4n) is 0. The summed E-state index contributed by atoms with van der Waals surface area (Å²) in [6.45, 7) is 3.31. The molecule has 0 spiro atoms. The Hall–Kier alpha value is -0.920. The molecule has 0 rings (SSSR count). The van der Waals surface area contributed by atoms with Gasteiger partial charge in [0.1, 0.15) is 0 Å². The van der Waals surface area contributed by atoms with E-state index in [-0.39, 0.29) is 5.48 Å². The predicted molar refractivity (Wildman–Crippen MR) is 32.6 cm³/mol. The fraction of sp³-hybridized carbons (Fsp3) is 0.333. The molecule has 0 unspecified atom stereocenters. The van der Waals surface area contributed by atoms with Crippen molar-refractivity contribution in [3.8, 4) is 24.7 Å². The first-order chi connectivity index (χ1) is 2.83. The van der Waals surface area contributed by atoms with E-state index in [9.17, 15) is 0 Å². The van der Waals surface area contributed by atoms with Crippen LogP contribution in [0, 0.1) is 24.7 Å². The predicted octanol–water partition coefficient (Wildman–Crippen LogP) is 0.454. The third kappa shape index (κ3) is 56.9. The maximum atomic E-state index is 4.60. The topological polar surface area (TPSA) is 31.5 Å². The molecule has 1 heteroatoms. The smallest absolute Gasteiger partial charge is 0.00297 e. The van der Waals surface area contributed by atoms with Crippen LogP contribution in [0.4, 0.5) is 0 Å². The summed E-state index contributed by atoms with van der Waals surface area (Å²) in [5.41, 5.74) is 0. The molecule has 0 radical (unpaired) electrons. The molecule has 0 aliphatic heterocycles. The molecule has 0 atom stereocenters. The average Bonchev–Trinajstić information content (AvgIpc) is 1.39. The molecule has 2 N–H and O–H groups in total. The Morgan fingerprint density at radius 1 is 1.00 bits per heavy atom. The molecule has 0 aromatic heterocycles. The summed E-state index contributed by atoms with van der Waals surface area (Å²) < 4.78 is 0. The minimum Gasteiger partial charge on any atom is -0.412 e.